The van der Waals surface area contributed by atoms with Gasteiger partial charge in [-0.15, -0.1) is 0 Å². The molecule has 0 amide bonds. The highest BCUT2D eigenvalue weighted by Crippen LogP contribution is 2.25. The van der Waals surface area contributed by atoms with Crippen molar-refractivity contribution in [2.45, 2.75) is 117 Å². The van der Waals surface area contributed by atoms with E-state index in [1.54, 1.807) is 0 Å². The Kier molecular flexibility index (Phi) is 14.7. The van der Waals surface area contributed by atoms with Crippen molar-refractivity contribution in [3.63, 3.8) is 0 Å². The molecule has 0 fully saturated rings. The summed E-state index contributed by atoms with van der Waals surface area (Å²) < 4.78 is 26.8. The van der Waals surface area contributed by atoms with Crippen LogP contribution in [0.5, 0.6) is 0 Å². The summed E-state index contributed by atoms with van der Waals surface area (Å²) in [6.45, 7) is 6.36. The Balaban J connectivity index is 2.45. The predicted octanol–water partition coefficient (Wildman–Crippen LogP) is 8.83. The van der Waals surface area contributed by atoms with Crippen molar-refractivity contribution in [3.05, 3.63) is 35.4 Å². The van der Waals surface area contributed by atoms with Crippen molar-refractivity contribution in [1.82, 2.24) is 0 Å². The van der Waals surface area contributed by atoms with Crippen LogP contribution in [-0.2, 0) is 11.2 Å². The summed E-state index contributed by atoms with van der Waals surface area (Å²) in [5.74, 6) is -0.481. The van der Waals surface area contributed by atoms with Crippen molar-refractivity contribution in [3.8, 4) is 0 Å². The van der Waals surface area contributed by atoms with Crippen LogP contribution in [0.3, 0.4) is 0 Å². The van der Waals surface area contributed by atoms with E-state index in [1.165, 1.54) is 89.2 Å². The predicted molar refractivity (Wildman–Crippen MR) is 124 cm³/mol. The summed E-state index contributed by atoms with van der Waals surface area (Å²) in [7, 11) is 0. The smallest absolute Gasteiger partial charge is 0.136 e. The molecular weight excluding hydrogens is 378 g/mol. The highest BCUT2D eigenvalue weighted by molar-refractivity contribution is 5.80. The lowest BCUT2D eigenvalue weighted by molar-refractivity contribution is -0.122. The molecule has 1 rings (SSSR count). The first kappa shape index (κ1) is 26.8. The zero-order valence-electron chi connectivity index (χ0n) is 19.7. The van der Waals surface area contributed by atoms with Crippen LogP contribution in [0.1, 0.15) is 116 Å². The Hall–Kier alpha value is -1.25. The van der Waals surface area contributed by atoms with Crippen LogP contribution in [0.4, 0.5) is 8.78 Å². The molecule has 172 valence electrons. The van der Waals surface area contributed by atoms with Gasteiger partial charge < -0.3 is 0 Å². The zero-order chi connectivity index (χ0) is 22.2. The van der Waals surface area contributed by atoms with Gasteiger partial charge in [-0.1, -0.05) is 97.8 Å². The van der Waals surface area contributed by atoms with Gasteiger partial charge in [0.05, 0.1) is 0 Å². The van der Waals surface area contributed by atoms with Crippen molar-refractivity contribution in [2.75, 3.05) is 0 Å². The molecule has 0 aliphatic heterocycles. The normalized spacial score (nSPS) is 12.5. The monoisotopic (exact) mass is 422 g/mol. The molecule has 30 heavy (non-hydrogen) atoms. The third-order valence-corrected chi connectivity index (χ3v) is 6.24. The lowest BCUT2D eigenvalue weighted by Gasteiger charge is -2.18. The van der Waals surface area contributed by atoms with Crippen molar-refractivity contribution >= 4 is 5.78 Å². The molecular formula is C27H44F2O. The van der Waals surface area contributed by atoms with Crippen LogP contribution >= 0.6 is 0 Å². The van der Waals surface area contributed by atoms with Crippen molar-refractivity contribution in [1.29, 1.82) is 0 Å². The van der Waals surface area contributed by atoms with Crippen LogP contribution in [0.2, 0.25) is 0 Å². The summed E-state index contributed by atoms with van der Waals surface area (Å²) in [5.41, 5.74) is 0.566. The van der Waals surface area contributed by atoms with Crippen LogP contribution in [0.15, 0.2) is 18.2 Å². The molecule has 1 unspecified atom stereocenters. The van der Waals surface area contributed by atoms with Gasteiger partial charge in [-0.3, -0.25) is 4.79 Å². The quantitative estimate of drug-likeness (QED) is 0.216. The summed E-state index contributed by atoms with van der Waals surface area (Å²) >= 11 is 0. The minimum atomic E-state index is -0.573. The third kappa shape index (κ3) is 12.4. The molecule has 1 atom stereocenters. The molecule has 0 aliphatic carbocycles. The Bertz CT molecular complexity index is 550. The average Bonchev–Trinajstić information content (AvgIpc) is 2.69. The van der Waals surface area contributed by atoms with E-state index >= 15 is 0 Å². The number of unbranched alkanes of at least 4 members (excludes halogenated alkanes) is 8. The van der Waals surface area contributed by atoms with E-state index in [0.29, 0.717) is 24.3 Å². The number of carbonyl (C=O) groups excluding carboxylic acids is 1. The highest BCUT2D eigenvalue weighted by Gasteiger charge is 2.17. The number of benzene rings is 1. The molecule has 0 heterocycles. The Morgan fingerprint density at radius 1 is 0.767 bits per heavy atom. The maximum Gasteiger partial charge on any atom is 0.136 e. The summed E-state index contributed by atoms with van der Waals surface area (Å²) in [5, 5.41) is 0. The second-order valence-corrected chi connectivity index (χ2v) is 9.16. The van der Waals surface area contributed by atoms with E-state index in [4.69, 9.17) is 0 Å². The maximum atomic E-state index is 13.4. The van der Waals surface area contributed by atoms with E-state index in [0.717, 1.165) is 12.5 Å². The largest absolute Gasteiger partial charge is 0.299 e. The van der Waals surface area contributed by atoms with Crippen molar-refractivity contribution in [2.24, 2.45) is 11.8 Å². The van der Waals surface area contributed by atoms with Gasteiger partial charge in [0.25, 0.3) is 0 Å². The molecule has 0 N–H and O–H groups in total. The zero-order valence-corrected chi connectivity index (χ0v) is 19.7. The van der Waals surface area contributed by atoms with E-state index in [2.05, 4.69) is 13.8 Å². The van der Waals surface area contributed by atoms with Gasteiger partial charge in [0.1, 0.15) is 17.4 Å². The van der Waals surface area contributed by atoms with Crippen LogP contribution in [0.25, 0.3) is 0 Å². The summed E-state index contributed by atoms with van der Waals surface area (Å²) in [6.07, 6.45) is 17.4. The van der Waals surface area contributed by atoms with Gasteiger partial charge in [0, 0.05) is 18.4 Å². The third-order valence-electron chi connectivity index (χ3n) is 6.24. The number of hydrogen-bond donors (Lipinski definition) is 0. The standard InChI is InChI=1S/C27H44F2O/c1-4-6-8-10-12-14-23(15-13-11-9-7-5-2)16-17-27(30)22(3)18-24-19-25(28)21-26(29)20-24/h19-23H,4-18H2,1-3H3. The van der Waals surface area contributed by atoms with Crippen LogP contribution in [0, 0.1) is 23.5 Å². The minimum Gasteiger partial charge on any atom is -0.299 e. The molecule has 1 aromatic carbocycles. The van der Waals surface area contributed by atoms with Gasteiger partial charge in [0.15, 0.2) is 0 Å². The molecule has 1 aromatic rings. The van der Waals surface area contributed by atoms with E-state index in [9.17, 15) is 13.6 Å². The minimum absolute atomic E-state index is 0.194. The van der Waals surface area contributed by atoms with Gasteiger partial charge in [0.2, 0.25) is 0 Å². The summed E-state index contributed by atoms with van der Waals surface area (Å²) in [6, 6.07) is 3.55. The number of rotatable bonds is 18. The van der Waals surface area contributed by atoms with Gasteiger partial charge in [-0.25, -0.2) is 8.78 Å². The van der Waals surface area contributed by atoms with Crippen LogP contribution in [-0.4, -0.2) is 5.78 Å². The van der Waals surface area contributed by atoms with Gasteiger partial charge >= 0.3 is 0 Å². The lowest BCUT2D eigenvalue weighted by Crippen LogP contribution is -2.15. The molecule has 1 nitrogen and oxygen atoms in total. The molecule has 0 aliphatic rings. The fourth-order valence-corrected chi connectivity index (χ4v) is 4.30. The Labute approximate surface area is 184 Å². The number of carbonyl (C=O) groups is 1. The topological polar surface area (TPSA) is 17.1 Å². The maximum absolute atomic E-state index is 13.4. The first-order valence-corrected chi connectivity index (χ1v) is 12.4. The highest BCUT2D eigenvalue weighted by atomic mass is 19.1. The Morgan fingerprint density at radius 3 is 1.77 bits per heavy atom. The SMILES string of the molecule is CCCCCCCC(CCCCCCC)CCC(=O)C(C)Cc1cc(F)cc(F)c1. The molecule has 0 spiro atoms. The second-order valence-electron chi connectivity index (χ2n) is 9.16. The number of Topliss-reactive ketones (excluding diaryl/α,β-unsaturated/α-hetero) is 1. The first-order valence-electron chi connectivity index (χ1n) is 12.4. The number of ketones is 1. The van der Waals surface area contributed by atoms with E-state index in [1.807, 2.05) is 6.92 Å². The fourth-order valence-electron chi connectivity index (χ4n) is 4.30. The fraction of sp³-hybridized carbons (Fsp3) is 0.741. The Morgan fingerprint density at radius 2 is 1.27 bits per heavy atom. The van der Waals surface area contributed by atoms with E-state index < -0.39 is 11.6 Å². The van der Waals surface area contributed by atoms with Crippen LogP contribution < -0.4 is 0 Å². The molecule has 0 saturated carbocycles. The van der Waals surface area contributed by atoms with E-state index in [-0.39, 0.29) is 11.7 Å². The summed E-state index contributed by atoms with van der Waals surface area (Å²) in [4.78, 5) is 12.7. The first-order chi connectivity index (χ1) is 14.5. The number of halogens is 2. The molecule has 0 radical (unpaired) electrons. The second kappa shape index (κ2) is 16.4. The molecule has 0 bridgehead atoms. The number of hydrogen-bond acceptors (Lipinski definition) is 1. The molecule has 0 aromatic heterocycles. The van der Waals surface area contributed by atoms with Gasteiger partial charge in [-0.2, -0.15) is 0 Å². The average molecular weight is 423 g/mol. The lowest BCUT2D eigenvalue weighted by atomic mass is 9.87. The molecule has 0 saturated heterocycles. The van der Waals surface area contributed by atoms with Gasteiger partial charge in [-0.05, 0) is 36.5 Å². The van der Waals surface area contributed by atoms with Crippen molar-refractivity contribution < 1.29 is 13.6 Å². The molecule has 3 heteroatoms.